The molecular weight excluding hydrogens is 667 g/mol. The highest BCUT2D eigenvalue weighted by molar-refractivity contribution is 5.94. The number of H-pyrrole nitrogens is 1. The fourth-order valence-electron chi connectivity index (χ4n) is 7.71. The first-order valence-electron chi connectivity index (χ1n) is 17.0. The predicted octanol–water partition coefficient (Wildman–Crippen LogP) is 8.70. The molecule has 1 aromatic heterocycles. The van der Waals surface area contributed by atoms with Crippen LogP contribution in [0.4, 0.5) is 4.79 Å². The first-order chi connectivity index (χ1) is 23.3. The lowest BCUT2D eigenvalue weighted by atomic mass is 9.66. The number of amides is 1. The van der Waals surface area contributed by atoms with Crippen molar-refractivity contribution in [1.82, 2.24) is 19.8 Å². The van der Waals surface area contributed by atoms with Gasteiger partial charge in [0.15, 0.2) is 0 Å². The zero-order valence-electron chi connectivity index (χ0n) is 28.6. The molecule has 1 fully saturated rings. The van der Waals surface area contributed by atoms with E-state index in [0.717, 1.165) is 79.6 Å². The molecule has 1 aliphatic rings. The molecule has 264 valence electrons. The highest BCUT2D eigenvalue weighted by Gasteiger charge is 2.48. The predicted molar refractivity (Wildman–Crippen MR) is 206 cm³/mol. The normalized spacial score (nSPS) is 17.1. The Morgan fingerprint density at radius 2 is 1.54 bits per heavy atom. The van der Waals surface area contributed by atoms with Crippen LogP contribution >= 0.6 is 24.8 Å². The van der Waals surface area contributed by atoms with Crippen LogP contribution in [0.5, 0.6) is 0 Å². The standard InChI is InChI=1S/C40H46N6O2.2ClH/c1-29-43-36-22-21-35(26-37(36)44-29)40(23-9-8-14-34(40)20-17-30-15-18-33(19-16-30)38(41)42)46(39(47)48)25-24-45(27-31-10-4-2-5-11-31)28-32-12-6-3-7-13-32;;/h2-7,10-13,15-16,18-19,21-22,26,34H,8-9,14,17,20,23-25,27-28H2,1H3,(H3,41,42)(H,43,44)(H,47,48);2*1H. The van der Waals surface area contributed by atoms with E-state index in [4.69, 9.17) is 11.1 Å². The van der Waals surface area contributed by atoms with Crippen molar-refractivity contribution in [3.8, 4) is 0 Å². The Bertz CT molecular complexity index is 1790. The van der Waals surface area contributed by atoms with Gasteiger partial charge in [-0.1, -0.05) is 104 Å². The van der Waals surface area contributed by atoms with Crippen molar-refractivity contribution < 1.29 is 9.90 Å². The Morgan fingerprint density at radius 1 is 0.900 bits per heavy atom. The van der Waals surface area contributed by atoms with Crippen molar-refractivity contribution in [2.75, 3.05) is 13.1 Å². The second-order valence-corrected chi connectivity index (χ2v) is 13.2. The number of hydrogen-bond donors (Lipinski definition) is 4. The maximum absolute atomic E-state index is 13.6. The highest BCUT2D eigenvalue weighted by Crippen LogP contribution is 2.49. The molecule has 2 atom stereocenters. The van der Waals surface area contributed by atoms with E-state index < -0.39 is 11.6 Å². The molecule has 0 bridgehead atoms. The van der Waals surface area contributed by atoms with E-state index >= 15 is 0 Å². The molecule has 0 saturated heterocycles. The molecule has 50 heavy (non-hydrogen) atoms. The summed E-state index contributed by atoms with van der Waals surface area (Å²) in [6.07, 6.45) is 4.54. The van der Waals surface area contributed by atoms with Gasteiger partial charge >= 0.3 is 6.09 Å². The van der Waals surface area contributed by atoms with Crippen LogP contribution in [0.15, 0.2) is 103 Å². The van der Waals surface area contributed by atoms with Crippen LogP contribution in [0, 0.1) is 18.3 Å². The van der Waals surface area contributed by atoms with E-state index in [2.05, 4.69) is 75.5 Å². The fourth-order valence-corrected chi connectivity index (χ4v) is 7.71. The lowest BCUT2D eigenvalue weighted by Crippen LogP contribution is -2.56. The molecule has 4 aromatic carbocycles. The molecule has 8 nitrogen and oxygen atoms in total. The number of nitrogen functional groups attached to an aromatic ring is 1. The van der Waals surface area contributed by atoms with Crippen LogP contribution in [-0.4, -0.2) is 49.9 Å². The number of hydrogen-bond acceptors (Lipinski definition) is 4. The van der Waals surface area contributed by atoms with E-state index in [9.17, 15) is 9.90 Å². The molecule has 0 spiro atoms. The number of nitrogens with two attached hydrogens (primary N) is 1. The number of imidazole rings is 1. The molecule has 1 aliphatic carbocycles. The minimum atomic E-state index is -0.882. The second kappa shape index (κ2) is 17.5. The van der Waals surface area contributed by atoms with Gasteiger partial charge in [-0.25, -0.2) is 9.78 Å². The number of carbonyl (C=O) groups is 1. The van der Waals surface area contributed by atoms with E-state index in [0.29, 0.717) is 18.7 Å². The van der Waals surface area contributed by atoms with Crippen LogP contribution in [0.1, 0.15) is 65.7 Å². The van der Waals surface area contributed by atoms with Crippen LogP contribution < -0.4 is 5.73 Å². The molecule has 2 unspecified atom stereocenters. The fraction of sp³-hybridized carbons (Fsp3) is 0.325. The quantitative estimate of drug-likeness (QED) is 0.0718. The van der Waals surface area contributed by atoms with Gasteiger partial charge < -0.3 is 15.8 Å². The SMILES string of the molecule is Cc1nc2ccc(C3(N(CCN(Cc4ccccc4)Cc4ccccc4)C(=O)O)CCCCC3CCc3ccc(C(=N)N)cc3)cc2[nH]1.Cl.Cl. The summed E-state index contributed by atoms with van der Waals surface area (Å²) < 4.78 is 0. The van der Waals surface area contributed by atoms with Crippen LogP contribution in [0.2, 0.25) is 0 Å². The molecule has 5 aromatic rings. The van der Waals surface area contributed by atoms with E-state index in [-0.39, 0.29) is 36.6 Å². The second-order valence-electron chi connectivity index (χ2n) is 13.2. The molecule has 0 aliphatic heterocycles. The summed E-state index contributed by atoms with van der Waals surface area (Å²) >= 11 is 0. The van der Waals surface area contributed by atoms with Gasteiger partial charge in [0.2, 0.25) is 0 Å². The topological polar surface area (TPSA) is 122 Å². The van der Waals surface area contributed by atoms with Crippen molar-refractivity contribution in [2.24, 2.45) is 11.7 Å². The maximum atomic E-state index is 13.6. The van der Waals surface area contributed by atoms with Crippen molar-refractivity contribution >= 4 is 47.8 Å². The first-order valence-corrected chi connectivity index (χ1v) is 17.0. The third-order valence-electron chi connectivity index (χ3n) is 10.0. The number of carboxylic acid groups (broad SMARTS) is 1. The molecule has 10 heteroatoms. The Kier molecular flexibility index (Phi) is 13.5. The van der Waals surface area contributed by atoms with Gasteiger partial charge in [0.1, 0.15) is 11.7 Å². The monoisotopic (exact) mass is 714 g/mol. The third kappa shape index (κ3) is 8.85. The average Bonchev–Trinajstić information content (AvgIpc) is 3.48. The van der Waals surface area contributed by atoms with E-state index in [1.807, 2.05) is 49.4 Å². The summed E-state index contributed by atoms with van der Waals surface area (Å²) in [7, 11) is 0. The number of rotatable bonds is 13. The number of amidine groups is 1. The zero-order chi connectivity index (χ0) is 33.5. The smallest absolute Gasteiger partial charge is 0.408 e. The van der Waals surface area contributed by atoms with E-state index in [1.165, 1.54) is 11.1 Å². The zero-order valence-corrected chi connectivity index (χ0v) is 30.2. The lowest BCUT2D eigenvalue weighted by molar-refractivity contribution is -0.00438. The van der Waals surface area contributed by atoms with Gasteiger partial charge in [0.25, 0.3) is 0 Å². The molecular formula is C40H48Cl2N6O2. The largest absolute Gasteiger partial charge is 0.465 e. The highest BCUT2D eigenvalue weighted by atomic mass is 35.5. The Labute approximate surface area is 307 Å². The number of aromatic nitrogens is 2. The number of fused-ring (bicyclic) bond motifs is 1. The van der Waals surface area contributed by atoms with Gasteiger partial charge in [0, 0.05) is 31.7 Å². The lowest BCUT2D eigenvalue weighted by Gasteiger charge is -2.51. The third-order valence-corrected chi connectivity index (χ3v) is 10.0. The summed E-state index contributed by atoms with van der Waals surface area (Å²) in [5, 5.41) is 18.9. The van der Waals surface area contributed by atoms with Crippen molar-refractivity contribution in [2.45, 2.75) is 64.1 Å². The summed E-state index contributed by atoms with van der Waals surface area (Å²) in [5.41, 5.74) is 12.2. The van der Waals surface area contributed by atoms with E-state index in [1.54, 1.807) is 4.90 Å². The van der Waals surface area contributed by atoms with Gasteiger partial charge in [-0.3, -0.25) is 15.2 Å². The summed E-state index contributed by atoms with van der Waals surface area (Å²) in [4.78, 5) is 25.7. The molecule has 0 radical (unpaired) electrons. The number of nitrogens with one attached hydrogen (secondary N) is 2. The molecule has 1 amide bonds. The number of nitrogens with zero attached hydrogens (tertiary/aromatic N) is 3. The van der Waals surface area contributed by atoms with Gasteiger partial charge in [0.05, 0.1) is 16.6 Å². The Balaban J connectivity index is 0.00000281. The number of halogens is 2. The van der Waals surface area contributed by atoms with Crippen LogP contribution in [0.3, 0.4) is 0 Å². The Morgan fingerprint density at radius 3 is 2.14 bits per heavy atom. The molecule has 5 N–H and O–H groups in total. The molecule has 1 saturated carbocycles. The Hall–Kier alpha value is -4.37. The van der Waals surface area contributed by atoms with Crippen molar-refractivity contribution in [3.63, 3.8) is 0 Å². The number of aryl methyl sites for hydroxylation is 2. The summed E-state index contributed by atoms with van der Waals surface area (Å²) in [6.45, 7) is 4.40. The molecule has 1 heterocycles. The minimum Gasteiger partial charge on any atom is -0.465 e. The van der Waals surface area contributed by atoms with Gasteiger partial charge in [-0.2, -0.15) is 0 Å². The minimum absolute atomic E-state index is 0. The summed E-state index contributed by atoms with van der Waals surface area (Å²) in [5.74, 6) is 1.02. The summed E-state index contributed by atoms with van der Waals surface area (Å²) in [6, 6.07) is 35.0. The number of aromatic amines is 1. The van der Waals surface area contributed by atoms with Crippen molar-refractivity contribution in [1.29, 1.82) is 5.41 Å². The molecule has 6 rings (SSSR count). The van der Waals surface area contributed by atoms with Crippen LogP contribution in [0.25, 0.3) is 11.0 Å². The average molecular weight is 716 g/mol. The van der Waals surface area contributed by atoms with Crippen molar-refractivity contribution in [3.05, 3.63) is 137 Å². The van der Waals surface area contributed by atoms with Gasteiger partial charge in [-0.05, 0) is 72.9 Å². The maximum Gasteiger partial charge on any atom is 0.408 e. The van der Waals surface area contributed by atoms with Crippen LogP contribution in [-0.2, 0) is 25.0 Å². The number of benzene rings is 4. The van der Waals surface area contributed by atoms with Gasteiger partial charge in [-0.15, -0.1) is 24.8 Å². The first kappa shape index (κ1) is 38.4.